The molecular weight excluding hydrogens is 406 g/mol. The van der Waals surface area contributed by atoms with Crippen molar-refractivity contribution < 1.29 is 4.79 Å². The molecule has 0 aliphatic heterocycles. The summed E-state index contributed by atoms with van der Waals surface area (Å²) < 4.78 is 2.04. The Balaban J connectivity index is 1.58. The Morgan fingerprint density at radius 1 is 1.06 bits per heavy atom. The SMILES string of the molecule is Cc1cccc(NC(=O)C(C)Sc2nnc(-c3cccnc3)n2Cc2ccccc2)c1. The van der Waals surface area contributed by atoms with Gasteiger partial charge < -0.3 is 5.32 Å². The second-order valence-corrected chi connectivity index (χ2v) is 8.55. The van der Waals surface area contributed by atoms with Crippen molar-refractivity contribution in [2.24, 2.45) is 0 Å². The minimum atomic E-state index is -0.346. The van der Waals surface area contributed by atoms with Crippen molar-refractivity contribution in [2.75, 3.05) is 5.32 Å². The molecule has 0 saturated carbocycles. The maximum Gasteiger partial charge on any atom is 0.237 e. The zero-order valence-corrected chi connectivity index (χ0v) is 18.2. The number of hydrogen-bond acceptors (Lipinski definition) is 5. The normalized spacial score (nSPS) is 11.8. The number of benzene rings is 2. The first-order valence-electron chi connectivity index (χ1n) is 10.0. The lowest BCUT2D eigenvalue weighted by Gasteiger charge is -2.14. The first-order chi connectivity index (χ1) is 15.1. The molecule has 0 spiro atoms. The van der Waals surface area contributed by atoms with E-state index in [1.165, 1.54) is 11.8 Å². The number of nitrogens with one attached hydrogen (secondary N) is 1. The van der Waals surface area contributed by atoms with E-state index in [0.29, 0.717) is 11.7 Å². The zero-order chi connectivity index (χ0) is 21.6. The van der Waals surface area contributed by atoms with Crippen LogP contribution in [-0.4, -0.2) is 30.9 Å². The number of anilines is 1. The molecule has 1 N–H and O–H groups in total. The van der Waals surface area contributed by atoms with Crippen molar-refractivity contribution in [2.45, 2.75) is 30.8 Å². The Morgan fingerprint density at radius 2 is 1.90 bits per heavy atom. The minimum absolute atomic E-state index is 0.0761. The van der Waals surface area contributed by atoms with Gasteiger partial charge in [-0.05, 0) is 49.2 Å². The fourth-order valence-electron chi connectivity index (χ4n) is 3.17. The molecule has 0 radical (unpaired) electrons. The monoisotopic (exact) mass is 429 g/mol. The van der Waals surface area contributed by atoms with Gasteiger partial charge in [-0.3, -0.25) is 14.3 Å². The molecule has 0 aliphatic rings. The number of aryl methyl sites for hydroxylation is 1. The van der Waals surface area contributed by atoms with Crippen molar-refractivity contribution in [1.82, 2.24) is 19.7 Å². The molecule has 0 bridgehead atoms. The predicted octanol–water partition coefficient (Wildman–Crippen LogP) is 4.82. The predicted molar refractivity (Wildman–Crippen MR) is 124 cm³/mol. The van der Waals surface area contributed by atoms with Crippen molar-refractivity contribution in [3.63, 3.8) is 0 Å². The number of carbonyl (C=O) groups is 1. The van der Waals surface area contributed by atoms with Crippen LogP contribution in [0.2, 0.25) is 0 Å². The highest BCUT2D eigenvalue weighted by Crippen LogP contribution is 2.28. The lowest BCUT2D eigenvalue weighted by atomic mass is 10.2. The maximum absolute atomic E-state index is 12.8. The molecule has 4 rings (SSSR count). The van der Waals surface area contributed by atoms with E-state index < -0.39 is 0 Å². The molecule has 4 aromatic rings. The average molecular weight is 430 g/mol. The maximum atomic E-state index is 12.8. The third-order valence-corrected chi connectivity index (χ3v) is 5.84. The van der Waals surface area contributed by atoms with Crippen LogP contribution in [0.4, 0.5) is 5.69 Å². The summed E-state index contributed by atoms with van der Waals surface area (Å²) in [7, 11) is 0. The molecule has 6 nitrogen and oxygen atoms in total. The van der Waals surface area contributed by atoms with E-state index in [2.05, 4.69) is 32.6 Å². The second-order valence-electron chi connectivity index (χ2n) is 7.24. The van der Waals surface area contributed by atoms with Gasteiger partial charge >= 0.3 is 0 Å². The molecule has 0 saturated heterocycles. The second kappa shape index (κ2) is 9.57. The van der Waals surface area contributed by atoms with Gasteiger partial charge in [-0.25, -0.2) is 0 Å². The van der Waals surface area contributed by atoms with Gasteiger partial charge in [-0.2, -0.15) is 0 Å². The highest BCUT2D eigenvalue weighted by atomic mass is 32.2. The topological polar surface area (TPSA) is 72.7 Å². The first kappa shape index (κ1) is 20.8. The van der Waals surface area contributed by atoms with Gasteiger partial charge in [0.25, 0.3) is 0 Å². The number of rotatable bonds is 7. The number of nitrogens with zero attached hydrogens (tertiary/aromatic N) is 4. The molecule has 1 unspecified atom stereocenters. The van der Waals surface area contributed by atoms with Crippen LogP contribution in [0.3, 0.4) is 0 Å². The minimum Gasteiger partial charge on any atom is -0.325 e. The van der Waals surface area contributed by atoms with Gasteiger partial charge in [-0.15, -0.1) is 10.2 Å². The Kier molecular flexibility index (Phi) is 6.43. The zero-order valence-electron chi connectivity index (χ0n) is 17.4. The van der Waals surface area contributed by atoms with Gasteiger partial charge in [0.05, 0.1) is 11.8 Å². The Bertz CT molecular complexity index is 1160. The summed E-state index contributed by atoms with van der Waals surface area (Å²) in [5, 5.41) is 12.1. The van der Waals surface area contributed by atoms with Crippen molar-refractivity contribution in [3.8, 4) is 11.4 Å². The van der Waals surface area contributed by atoms with E-state index in [0.717, 1.165) is 28.2 Å². The summed E-state index contributed by atoms with van der Waals surface area (Å²) in [5.74, 6) is 0.651. The summed E-state index contributed by atoms with van der Waals surface area (Å²) in [6.45, 7) is 4.48. The van der Waals surface area contributed by atoms with E-state index in [4.69, 9.17) is 0 Å². The van der Waals surface area contributed by atoms with E-state index in [1.807, 2.05) is 73.0 Å². The summed E-state index contributed by atoms with van der Waals surface area (Å²) >= 11 is 1.39. The van der Waals surface area contributed by atoms with Crippen LogP contribution in [-0.2, 0) is 11.3 Å². The number of aromatic nitrogens is 4. The molecule has 0 fully saturated rings. The van der Waals surface area contributed by atoms with Crippen LogP contribution in [0, 0.1) is 6.92 Å². The lowest BCUT2D eigenvalue weighted by molar-refractivity contribution is -0.115. The van der Waals surface area contributed by atoms with Crippen LogP contribution >= 0.6 is 11.8 Å². The quantitative estimate of drug-likeness (QED) is 0.427. The Labute approximate surface area is 185 Å². The van der Waals surface area contributed by atoms with Crippen molar-refractivity contribution >= 4 is 23.4 Å². The van der Waals surface area contributed by atoms with Gasteiger partial charge in [0, 0.05) is 23.6 Å². The molecule has 31 heavy (non-hydrogen) atoms. The lowest BCUT2D eigenvalue weighted by Crippen LogP contribution is -2.23. The van der Waals surface area contributed by atoms with Crippen molar-refractivity contribution in [3.05, 3.63) is 90.3 Å². The van der Waals surface area contributed by atoms with Crippen LogP contribution in [0.5, 0.6) is 0 Å². The van der Waals surface area contributed by atoms with Gasteiger partial charge in [0.15, 0.2) is 11.0 Å². The standard InChI is InChI=1S/C24H23N5OS/c1-17-8-6-12-21(14-17)26-23(30)18(2)31-24-28-27-22(20-11-7-13-25-15-20)29(24)16-19-9-4-3-5-10-19/h3-15,18H,16H2,1-2H3,(H,26,30). The Morgan fingerprint density at radius 3 is 2.65 bits per heavy atom. The molecule has 156 valence electrons. The highest BCUT2D eigenvalue weighted by Gasteiger charge is 2.21. The average Bonchev–Trinajstić information content (AvgIpc) is 3.17. The van der Waals surface area contributed by atoms with E-state index in [-0.39, 0.29) is 11.2 Å². The molecule has 1 amide bonds. The largest absolute Gasteiger partial charge is 0.325 e. The summed E-state index contributed by atoms with van der Waals surface area (Å²) in [6, 6.07) is 21.7. The smallest absolute Gasteiger partial charge is 0.237 e. The van der Waals surface area contributed by atoms with Gasteiger partial charge in [-0.1, -0.05) is 54.2 Å². The van der Waals surface area contributed by atoms with Crippen LogP contribution < -0.4 is 5.32 Å². The summed E-state index contributed by atoms with van der Waals surface area (Å²) in [5.41, 5.74) is 3.90. The summed E-state index contributed by atoms with van der Waals surface area (Å²) in [6.07, 6.45) is 3.50. The number of thioether (sulfide) groups is 1. The fourth-order valence-corrected chi connectivity index (χ4v) is 4.02. The van der Waals surface area contributed by atoms with Crippen LogP contribution in [0.25, 0.3) is 11.4 Å². The Hall–Kier alpha value is -3.45. The van der Waals surface area contributed by atoms with E-state index >= 15 is 0 Å². The highest BCUT2D eigenvalue weighted by molar-refractivity contribution is 8.00. The van der Waals surface area contributed by atoms with Gasteiger partial charge in [0.2, 0.25) is 5.91 Å². The molecule has 0 aliphatic carbocycles. The molecule has 2 heterocycles. The van der Waals surface area contributed by atoms with Crippen LogP contribution in [0.15, 0.2) is 84.3 Å². The third kappa shape index (κ3) is 5.19. The number of amides is 1. The summed E-state index contributed by atoms with van der Waals surface area (Å²) in [4.78, 5) is 17.0. The first-order valence-corrected chi connectivity index (χ1v) is 10.9. The van der Waals surface area contributed by atoms with Gasteiger partial charge in [0.1, 0.15) is 0 Å². The van der Waals surface area contributed by atoms with E-state index in [9.17, 15) is 4.79 Å². The van der Waals surface area contributed by atoms with Crippen molar-refractivity contribution in [1.29, 1.82) is 0 Å². The third-order valence-electron chi connectivity index (χ3n) is 4.76. The number of hydrogen-bond donors (Lipinski definition) is 1. The number of pyridine rings is 1. The molecule has 2 aromatic carbocycles. The molecule has 1 atom stereocenters. The molecule has 2 aromatic heterocycles. The molecule has 7 heteroatoms. The van der Waals surface area contributed by atoms with E-state index in [1.54, 1.807) is 12.4 Å². The van der Waals surface area contributed by atoms with Crippen LogP contribution in [0.1, 0.15) is 18.1 Å². The number of carbonyl (C=O) groups excluding carboxylic acids is 1. The fraction of sp³-hybridized carbons (Fsp3) is 0.167. The molecular formula is C24H23N5OS.